The van der Waals surface area contributed by atoms with Gasteiger partial charge in [0.05, 0.1) is 22.0 Å². The molecule has 0 saturated carbocycles. The summed E-state index contributed by atoms with van der Waals surface area (Å²) < 4.78 is 1.92. The van der Waals surface area contributed by atoms with E-state index in [1.165, 1.54) is 12.2 Å². The van der Waals surface area contributed by atoms with Crippen molar-refractivity contribution in [2.75, 3.05) is 0 Å². The van der Waals surface area contributed by atoms with Crippen LogP contribution in [0.5, 0.6) is 0 Å². The van der Waals surface area contributed by atoms with Gasteiger partial charge in [0.2, 0.25) is 0 Å². The van der Waals surface area contributed by atoms with Crippen LogP contribution in [0.3, 0.4) is 0 Å². The van der Waals surface area contributed by atoms with Crippen LogP contribution in [0.2, 0.25) is 0 Å². The SMILES string of the molecule is O=C1C=C2CCC3=CC(=O)N(SSN1C2=O)C3=O. The molecule has 1 fully saturated rings. The van der Waals surface area contributed by atoms with Gasteiger partial charge in [0.25, 0.3) is 23.6 Å². The Labute approximate surface area is 110 Å². The summed E-state index contributed by atoms with van der Waals surface area (Å²) >= 11 is 0. The van der Waals surface area contributed by atoms with E-state index < -0.39 is 11.8 Å². The zero-order valence-corrected chi connectivity index (χ0v) is 10.5. The number of rotatable bonds is 0. The van der Waals surface area contributed by atoms with Gasteiger partial charge in [0, 0.05) is 23.3 Å². The normalized spacial score (nSPS) is 23.6. The maximum absolute atomic E-state index is 11.8. The zero-order chi connectivity index (χ0) is 12.9. The predicted octanol–water partition coefficient (Wildman–Crippen LogP) is 0.582. The molecule has 92 valence electrons. The molecular weight excluding hydrogens is 276 g/mol. The molecule has 6 nitrogen and oxygen atoms in total. The summed E-state index contributed by atoms with van der Waals surface area (Å²) in [5.41, 5.74) is 0.768. The summed E-state index contributed by atoms with van der Waals surface area (Å²) in [5.74, 6) is -1.55. The summed E-state index contributed by atoms with van der Waals surface area (Å²) in [6, 6.07) is 0. The first-order valence-corrected chi connectivity index (χ1v) is 7.17. The van der Waals surface area contributed by atoms with Gasteiger partial charge < -0.3 is 0 Å². The van der Waals surface area contributed by atoms with Gasteiger partial charge in [-0.15, -0.1) is 0 Å². The van der Waals surface area contributed by atoms with Crippen molar-refractivity contribution < 1.29 is 19.2 Å². The lowest BCUT2D eigenvalue weighted by Gasteiger charge is -2.18. The molecule has 4 amide bonds. The number of imide groups is 2. The van der Waals surface area contributed by atoms with Crippen molar-refractivity contribution in [2.24, 2.45) is 0 Å². The molecule has 4 bridgehead atoms. The third-order valence-electron chi connectivity index (χ3n) is 2.76. The molecule has 18 heavy (non-hydrogen) atoms. The van der Waals surface area contributed by atoms with Gasteiger partial charge in [0.15, 0.2) is 0 Å². The summed E-state index contributed by atoms with van der Waals surface area (Å²) in [4.78, 5) is 46.8. The van der Waals surface area contributed by atoms with Crippen molar-refractivity contribution in [1.82, 2.24) is 8.61 Å². The maximum atomic E-state index is 11.8. The van der Waals surface area contributed by atoms with Gasteiger partial charge >= 0.3 is 0 Å². The average molecular weight is 282 g/mol. The third kappa shape index (κ3) is 1.60. The number of carbonyl (C=O) groups is 4. The Morgan fingerprint density at radius 1 is 0.778 bits per heavy atom. The van der Waals surface area contributed by atoms with Crippen LogP contribution in [-0.2, 0) is 19.2 Å². The third-order valence-corrected chi connectivity index (χ3v) is 4.91. The highest BCUT2D eigenvalue weighted by molar-refractivity contribution is 8.75. The van der Waals surface area contributed by atoms with E-state index in [2.05, 4.69) is 0 Å². The molecule has 0 aromatic heterocycles. The van der Waals surface area contributed by atoms with Crippen molar-refractivity contribution in [3.05, 3.63) is 23.3 Å². The van der Waals surface area contributed by atoms with E-state index in [4.69, 9.17) is 0 Å². The van der Waals surface area contributed by atoms with Crippen molar-refractivity contribution in [1.29, 1.82) is 0 Å². The number of hydrogen-bond donors (Lipinski definition) is 0. The Balaban J connectivity index is 1.95. The molecule has 0 radical (unpaired) electrons. The second-order valence-electron chi connectivity index (χ2n) is 3.86. The lowest BCUT2D eigenvalue weighted by atomic mass is 10.1. The summed E-state index contributed by atoms with van der Waals surface area (Å²) in [7, 11) is 1.59. The van der Waals surface area contributed by atoms with Crippen LogP contribution >= 0.6 is 22.0 Å². The van der Waals surface area contributed by atoms with E-state index in [1.54, 1.807) is 0 Å². The van der Waals surface area contributed by atoms with Gasteiger partial charge in [-0.2, -0.15) is 0 Å². The van der Waals surface area contributed by atoms with Crippen LogP contribution < -0.4 is 0 Å². The largest absolute Gasteiger partial charge is 0.268 e. The van der Waals surface area contributed by atoms with Crippen LogP contribution in [0.25, 0.3) is 0 Å². The van der Waals surface area contributed by atoms with E-state index >= 15 is 0 Å². The Hall–Kier alpha value is -1.54. The quantitative estimate of drug-likeness (QED) is 0.367. The number of amides is 4. The molecule has 3 aliphatic rings. The van der Waals surface area contributed by atoms with Crippen molar-refractivity contribution in [2.45, 2.75) is 12.8 Å². The summed E-state index contributed by atoms with van der Waals surface area (Å²) in [6.07, 6.45) is 3.17. The molecule has 0 unspecified atom stereocenters. The summed E-state index contributed by atoms with van der Waals surface area (Å²) in [5, 5.41) is 0. The standard InChI is InChI=1S/C10H6N2O4S2/c13-7-3-5-1-2-6-4-8(14)12(10(6)16)18-17-11(7)9(5)15/h3-4H,1-2H2. The molecule has 3 heterocycles. The molecule has 0 atom stereocenters. The second kappa shape index (κ2) is 3.99. The fourth-order valence-electron chi connectivity index (χ4n) is 1.84. The minimum absolute atomic E-state index is 0.297. The Kier molecular flexibility index (Phi) is 2.56. The molecule has 0 N–H and O–H groups in total. The molecule has 1 saturated heterocycles. The average Bonchev–Trinajstić information content (AvgIpc) is 2.72. The Morgan fingerprint density at radius 2 is 1.17 bits per heavy atom. The highest BCUT2D eigenvalue weighted by atomic mass is 33.1. The van der Waals surface area contributed by atoms with Crippen molar-refractivity contribution >= 4 is 45.6 Å². The molecule has 8 heteroatoms. The van der Waals surface area contributed by atoms with Crippen molar-refractivity contribution in [3.63, 3.8) is 0 Å². The monoisotopic (exact) mass is 282 g/mol. The fourth-order valence-corrected chi connectivity index (χ4v) is 3.84. The first-order valence-electron chi connectivity index (χ1n) is 5.10. The number of nitrogens with zero attached hydrogens (tertiary/aromatic N) is 2. The number of hydrogen-bond acceptors (Lipinski definition) is 6. The van der Waals surface area contributed by atoms with Crippen LogP contribution in [0, 0.1) is 0 Å². The molecule has 0 aromatic carbocycles. The molecule has 3 rings (SSSR count). The van der Waals surface area contributed by atoms with Crippen LogP contribution in [0.15, 0.2) is 23.3 Å². The topological polar surface area (TPSA) is 74.8 Å². The molecule has 0 aliphatic carbocycles. The van der Waals surface area contributed by atoms with Crippen LogP contribution in [0.4, 0.5) is 0 Å². The number of carbonyl (C=O) groups excluding carboxylic acids is 4. The van der Waals surface area contributed by atoms with E-state index in [0.717, 1.165) is 30.6 Å². The van der Waals surface area contributed by atoms with Gasteiger partial charge in [-0.25, -0.2) is 8.61 Å². The van der Waals surface area contributed by atoms with Gasteiger partial charge in [-0.1, -0.05) is 0 Å². The minimum Gasteiger partial charge on any atom is -0.268 e. The Morgan fingerprint density at radius 3 is 1.56 bits per heavy atom. The lowest BCUT2D eigenvalue weighted by Crippen LogP contribution is -2.28. The number of fused-ring (bicyclic) bond motifs is 4. The van der Waals surface area contributed by atoms with Gasteiger partial charge in [-0.3, -0.25) is 19.2 Å². The minimum atomic E-state index is -0.416. The molecule has 0 spiro atoms. The second-order valence-corrected chi connectivity index (χ2v) is 5.79. The zero-order valence-electron chi connectivity index (χ0n) is 8.91. The maximum Gasteiger partial charge on any atom is 0.267 e. The molecular formula is C10H6N2O4S2. The first kappa shape index (κ1) is 11.5. The van der Waals surface area contributed by atoms with Gasteiger partial charge in [-0.05, 0) is 12.8 Å². The van der Waals surface area contributed by atoms with Crippen LogP contribution in [-0.4, -0.2) is 32.2 Å². The van der Waals surface area contributed by atoms with Gasteiger partial charge in [0.1, 0.15) is 0 Å². The first-order chi connectivity index (χ1) is 8.58. The molecule has 0 aromatic rings. The van der Waals surface area contributed by atoms with E-state index in [-0.39, 0.29) is 11.8 Å². The lowest BCUT2D eigenvalue weighted by molar-refractivity contribution is -0.132. The summed E-state index contributed by atoms with van der Waals surface area (Å²) in [6.45, 7) is 0. The Bertz CT molecular complexity index is 516. The highest BCUT2D eigenvalue weighted by Gasteiger charge is 2.38. The van der Waals surface area contributed by atoms with Crippen molar-refractivity contribution in [3.8, 4) is 0 Å². The fraction of sp³-hybridized carbons (Fsp3) is 0.200. The smallest absolute Gasteiger partial charge is 0.267 e. The van der Waals surface area contributed by atoms with E-state index in [1.807, 2.05) is 0 Å². The predicted molar refractivity (Wildman–Crippen MR) is 64.3 cm³/mol. The van der Waals surface area contributed by atoms with E-state index in [0.29, 0.717) is 24.0 Å². The molecule has 3 aliphatic heterocycles. The highest BCUT2D eigenvalue weighted by Crippen LogP contribution is 2.39. The van der Waals surface area contributed by atoms with E-state index in [9.17, 15) is 19.2 Å². The van der Waals surface area contributed by atoms with Crippen LogP contribution in [0.1, 0.15) is 12.8 Å².